The summed E-state index contributed by atoms with van der Waals surface area (Å²) in [5.74, 6) is -0.833. The van der Waals surface area contributed by atoms with Crippen molar-refractivity contribution < 1.29 is 9.18 Å². The second-order valence-electron chi connectivity index (χ2n) is 5.07. The lowest BCUT2D eigenvalue weighted by Gasteiger charge is -2.42. The first-order valence-electron chi connectivity index (χ1n) is 5.89. The molecular weight excluding hydrogens is 255 g/mol. The Bertz CT molecular complexity index is 476. The van der Waals surface area contributed by atoms with Gasteiger partial charge in [0.15, 0.2) is 0 Å². The Morgan fingerprint density at radius 2 is 2.22 bits per heavy atom. The second kappa shape index (κ2) is 4.86. The SMILES string of the molecule is CC1(C)CNCCN1C(=O)c1cc(Cl)ccc1F. The predicted octanol–water partition coefficient (Wildman–Crippen LogP) is 2.30. The van der Waals surface area contributed by atoms with Crippen molar-refractivity contribution in [1.29, 1.82) is 0 Å². The Morgan fingerprint density at radius 1 is 1.50 bits per heavy atom. The first-order valence-corrected chi connectivity index (χ1v) is 6.27. The molecule has 1 heterocycles. The Balaban J connectivity index is 2.33. The van der Waals surface area contributed by atoms with Crippen molar-refractivity contribution in [2.24, 2.45) is 0 Å². The summed E-state index contributed by atoms with van der Waals surface area (Å²) in [6.45, 7) is 5.90. The van der Waals surface area contributed by atoms with Crippen molar-refractivity contribution in [3.05, 3.63) is 34.6 Å². The molecule has 18 heavy (non-hydrogen) atoms. The summed E-state index contributed by atoms with van der Waals surface area (Å²) in [7, 11) is 0. The minimum Gasteiger partial charge on any atom is -0.331 e. The number of hydrogen-bond donors (Lipinski definition) is 1. The standard InChI is InChI=1S/C13H16ClFN2O/c1-13(2)8-16-5-6-17(13)12(18)10-7-9(14)3-4-11(10)15/h3-4,7,16H,5-6,8H2,1-2H3. The summed E-state index contributed by atoms with van der Waals surface area (Å²) >= 11 is 5.82. The van der Waals surface area contributed by atoms with Crippen molar-refractivity contribution in [2.75, 3.05) is 19.6 Å². The molecule has 5 heteroatoms. The molecule has 1 aromatic carbocycles. The number of amides is 1. The average molecular weight is 271 g/mol. The smallest absolute Gasteiger partial charge is 0.257 e. The molecule has 0 atom stereocenters. The molecule has 0 aliphatic carbocycles. The Labute approximate surface area is 111 Å². The zero-order chi connectivity index (χ0) is 13.3. The second-order valence-corrected chi connectivity index (χ2v) is 5.51. The molecule has 1 saturated heterocycles. The van der Waals surface area contributed by atoms with E-state index in [1.807, 2.05) is 13.8 Å². The normalized spacial score (nSPS) is 18.8. The summed E-state index contributed by atoms with van der Waals surface area (Å²) in [6.07, 6.45) is 0. The molecule has 1 aromatic rings. The molecule has 1 aliphatic rings. The molecule has 0 saturated carbocycles. The first-order chi connectivity index (χ1) is 8.42. The fourth-order valence-electron chi connectivity index (χ4n) is 2.17. The van der Waals surface area contributed by atoms with Gasteiger partial charge in [0.1, 0.15) is 5.82 Å². The van der Waals surface area contributed by atoms with Crippen LogP contribution in [0.15, 0.2) is 18.2 Å². The summed E-state index contributed by atoms with van der Waals surface area (Å²) in [6, 6.07) is 4.05. The minimum atomic E-state index is -0.529. The minimum absolute atomic E-state index is 0.0393. The summed E-state index contributed by atoms with van der Waals surface area (Å²) in [5, 5.41) is 3.59. The van der Waals surface area contributed by atoms with Gasteiger partial charge >= 0.3 is 0 Å². The van der Waals surface area contributed by atoms with Crippen molar-refractivity contribution in [1.82, 2.24) is 10.2 Å². The number of nitrogens with one attached hydrogen (secondary N) is 1. The molecule has 1 amide bonds. The van der Waals surface area contributed by atoms with Crippen molar-refractivity contribution in [3.63, 3.8) is 0 Å². The Morgan fingerprint density at radius 3 is 2.89 bits per heavy atom. The maximum Gasteiger partial charge on any atom is 0.257 e. The number of nitrogens with zero attached hydrogens (tertiary/aromatic N) is 1. The highest BCUT2D eigenvalue weighted by Crippen LogP contribution is 2.22. The van der Waals surface area contributed by atoms with Gasteiger partial charge in [-0.1, -0.05) is 11.6 Å². The van der Waals surface area contributed by atoms with E-state index in [9.17, 15) is 9.18 Å². The van der Waals surface area contributed by atoms with Crippen LogP contribution in [0.25, 0.3) is 0 Å². The van der Waals surface area contributed by atoms with Crippen molar-refractivity contribution >= 4 is 17.5 Å². The number of carbonyl (C=O) groups excluding carboxylic acids is 1. The molecule has 1 aliphatic heterocycles. The Kier molecular flexibility index (Phi) is 3.59. The van der Waals surface area contributed by atoms with Gasteiger partial charge in [-0.15, -0.1) is 0 Å². The van der Waals surface area contributed by atoms with E-state index in [4.69, 9.17) is 11.6 Å². The van der Waals surface area contributed by atoms with Crippen LogP contribution in [0.5, 0.6) is 0 Å². The highest BCUT2D eigenvalue weighted by molar-refractivity contribution is 6.31. The number of piperazine rings is 1. The van der Waals surface area contributed by atoms with Crippen LogP contribution in [0.3, 0.4) is 0 Å². The number of halogens is 2. The number of benzene rings is 1. The van der Waals surface area contributed by atoms with E-state index in [1.54, 1.807) is 4.90 Å². The fourth-order valence-corrected chi connectivity index (χ4v) is 2.34. The maximum absolute atomic E-state index is 13.7. The summed E-state index contributed by atoms with van der Waals surface area (Å²) in [4.78, 5) is 14.1. The van der Waals surface area contributed by atoms with Gasteiger partial charge in [-0.2, -0.15) is 0 Å². The molecule has 0 aromatic heterocycles. The van der Waals surface area contributed by atoms with Crippen LogP contribution >= 0.6 is 11.6 Å². The third-order valence-corrected chi connectivity index (χ3v) is 3.44. The van der Waals surface area contributed by atoms with Crippen LogP contribution in [0.2, 0.25) is 5.02 Å². The van der Waals surface area contributed by atoms with Gasteiger partial charge in [0.05, 0.1) is 11.1 Å². The van der Waals surface area contributed by atoms with Crippen LogP contribution in [0.4, 0.5) is 4.39 Å². The average Bonchev–Trinajstić information content (AvgIpc) is 2.31. The zero-order valence-corrected chi connectivity index (χ0v) is 11.2. The lowest BCUT2D eigenvalue weighted by atomic mass is 9.98. The van der Waals surface area contributed by atoms with E-state index in [0.29, 0.717) is 18.1 Å². The van der Waals surface area contributed by atoms with Crippen LogP contribution in [0, 0.1) is 5.82 Å². The van der Waals surface area contributed by atoms with Crippen molar-refractivity contribution in [2.45, 2.75) is 19.4 Å². The highest BCUT2D eigenvalue weighted by atomic mass is 35.5. The topological polar surface area (TPSA) is 32.3 Å². The van der Waals surface area contributed by atoms with Gasteiger partial charge in [-0.25, -0.2) is 4.39 Å². The van der Waals surface area contributed by atoms with Gasteiger partial charge in [-0.3, -0.25) is 4.79 Å². The molecule has 0 spiro atoms. The van der Waals surface area contributed by atoms with Crippen molar-refractivity contribution in [3.8, 4) is 0 Å². The van der Waals surface area contributed by atoms with E-state index in [0.717, 1.165) is 6.54 Å². The van der Waals surface area contributed by atoms with E-state index >= 15 is 0 Å². The quantitative estimate of drug-likeness (QED) is 0.849. The third kappa shape index (κ3) is 2.49. The van der Waals surface area contributed by atoms with Gasteiger partial charge < -0.3 is 10.2 Å². The third-order valence-electron chi connectivity index (χ3n) is 3.20. The fraction of sp³-hybridized carbons (Fsp3) is 0.462. The number of carbonyl (C=O) groups is 1. The predicted molar refractivity (Wildman–Crippen MR) is 69.4 cm³/mol. The molecule has 98 valence electrons. The summed E-state index contributed by atoms with van der Waals surface area (Å²) < 4.78 is 13.7. The van der Waals surface area contributed by atoms with Crippen LogP contribution < -0.4 is 5.32 Å². The van der Waals surface area contributed by atoms with E-state index in [-0.39, 0.29) is 17.0 Å². The van der Waals surface area contributed by atoms with Crippen LogP contribution in [0.1, 0.15) is 24.2 Å². The molecule has 0 unspecified atom stereocenters. The van der Waals surface area contributed by atoms with E-state index < -0.39 is 5.82 Å². The molecule has 0 bridgehead atoms. The Hall–Kier alpha value is -1.13. The van der Waals surface area contributed by atoms with Gasteiger partial charge in [0.25, 0.3) is 5.91 Å². The van der Waals surface area contributed by atoms with Crippen LogP contribution in [-0.4, -0.2) is 36.0 Å². The zero-order valence-electron chi connectivity index (χ0n) is 10.5. The lowest BCUT2D eigenvalue weighted by Crippen LogP contribution is -2.59. The lowest BCUT2D eigenvalue weighted by molar-refractivity contribution is 0.0473. The van der Waals surface area contributed by atoms with Gasteiger partial charge in [0.2, 0.25) is 0 Å². The van der Waals surface area contributed by atoms with Gasteiger partial charge in [-0.05, 0) is 32.0 Å². The largest absolute Gasteiger partial charge is 0.331 e. The number of rotatable bonds is 1. The van der Waals surface area contributed by atoms with Crippen LogP contribution in [-0.2, 0) is 0 Å². The van der Waals surface area contributed by atoms with E-state index in [2.05, 4.69) is 5.32 Å². The highest BCUT2D eigenvalue weighted by Gasteiger charge is 2.34. The molecule has 1 fully saturated rings. The van der Waals surface area contributed by atoms with Gasteiger partial charge in [0, 0.05) is 24.7 Å². The molecule has 2 rings (SSSR count). The molecule has 3 nitrogen and oxygen atoms in total. The number of hydrogen-bond acceptors (Lipinski definition) is 2. The maximum atomic E-state index is 13.7. The monoisotopic (exact) mass is 270 g/mol. The molecule has 1 N–H and O–H groups in total. The first kappa shape index (κ1) is 13.3. The molecule has 0 radical (unpaired) electrons. The van der Waals surface area contributed by atoms with E-state index in [1.165, 1.54) is 18.2 Å². The summed E-state index contributed by atoms with van der Waals surface area (Å²) in [5.41, 5.74) is -0.290. The molecular formula is C13H16ClFN2O.